The van der Waals surface area contributed by atoms with Gasteiger partial charge in [0.25, 0.3) is 0 Å². The van der Waals surface area contributed by atoms with Gasteiger partial charge in [0.2, 0.25) is 0 Å². The summed E-state index contributed by atoms with van der Waals surface area (Å²) in [5.41, 5.74) is 2.24. The van der Waals surface area contributed by atoms with E-state index < -0.39 is 11.9 Å². The van der Waals surface area contributed by atoms with E-state index in [1.54, 1.807) is 12.1 Å². The van der Waals surface area contributed by atoms with Crippen LogP contribution in [0.1, 0.15) is 33.3 Å². The lowest BCUT2D eigenvalue weighted by Crippen LogP contribution is -2.05. The van der Waals surface area contributed by atoms with E-state index in [2.05, 4.69) is 9.97 Å². The third-order valence-electron chi connectivity index (χ3n) is 3.54. The largest absolute Gasteiger partial charge is 0.478 e. The predicted octanol–water partition coefficient (Wildman–Crippen LogP) is 2.67. The van der Waals surface area contributed by atoms with Gasteiger partial charge in [-0.05, 0) is 30.2 Å². The van der Waals surface area contributed by atoms with Crippen LogP contribution < -0.4 is 0 Å². The number of H-pyrrole nitrogens is 1. The Balaban J connectivity index is 2.47. The van der Waals surface area contributed by atoms with Crippen molar-refractivity contribution in [3.05, 3.63) is 41.2 Å². The first kappa shape index (κ1) is 13.1. The summed E-state index contributed by atoms with van der Waals surface area (Å²) >= 11 is 0. The molecule has 0 aliphatic heterocycles. The molecule has 21 heavy (non-hydrogen) atoms. The molecule has 0 radical (unpaired) electrons. The molecule has 0 atom stereocenters. The number of fused-ring (bicyclic) bond motifs is 3. The Bertz CT molecular complexity index is 895. The van der Waals surface area contributed by atoms with E-state index in [1.165, 1.54) is 12.3 Å². The van der Waals surface area contributed by atoms with Gasteiger partial charge in [0, 0.05) is 16.3 Å². The van der Waals surface area contributed by atoms with Gasteiger partial charge in [-0.25, -0.2) is 14.6 Å². The number of pyridine rings is 1. The quantitative estimate of drug-likeness (QED) is 0.686. The summed E-state index contributed by atoms with van der Waals surface area (Å²) in [4.78, 5) is 29.5. The number of aromatic amines is 1. The highest BCUT2D eigenvalue weighted by molar-refractivity contribution is 6.12. The number of aryl methyl sites for hydroxylation is 1. The van der Waals surface area contributed by atoms with Crippen molar-refractivity contribution in [2.75, 3.05) is 0 Å². The molecule has 0 aliphatic carbocycles. The Hall–Kier alpha value is -2.89. The van der Waals surface area contributed by atoms with Gasteiger partial charge in [-0.3, -0.25) is 0 Å². The molecule has 2 heterocycles. The van der Waals surface area contributed by atoms with E-state index in [-0.39, 0.29) is 11.3 Å². The second-order valence-corrected chi connectivity index (χ2v) is 4.72. The van der Waals surface area contributed by atoms with Crippen LogP contribution in [0.2, 0.25) is 0 Å². The molecule has 0 saturated heterocycles. The highest BCUT2D eigenvalue weighted by atomic mass is 16.4. The van der Waals surface area contributed by atoms with E-state index in [0.29, 0.717) is 22.9 Å². The summed E-state index contributed by atoms with van der Waals surface area (Å²) < 4.78 is 0. The molecule has 0 bridgehead atoms. The Morgan fingerprint density at radius 3 is 2.57 bits per heavy atom. The smallest absolute Gasteiger partial charge is 0.354 e. The Morgan fingerprint density at radius 2 is 1.95 bits per heavy atom. The van der Waals surface area contributed by atoms with Gasteiger partial charge in [0.1, 0.15) is 0 Å². The predicted molar refractivity (Wildman–Crippen MR) is 76.9 cm³/mol. The van der Waals surface area contributed by atoms with E-state index in [9.17, 15) is 14.7 Å². The number of nitrogens with one attached hydrogen (secondary N) is 1. The molecule has 3 rings (SSSR count). The normalized spacial score (nSPS) is 11.1. The number of benzene rings is 1. The zero-order valence-electron chi connectivity index (χ0n) is 11.2. The van der Waals surface area contributed by atoms with Crippen LogP contribution in [0.25, 0.3) is 21.8 Å². The van der Waals surface area contributed by atoms with E-state index in [4.69, 9.17) is 5.11 Å². The fourth-order valence-corrected chi connectivity index (χ4v) is 2.62. The first-order chi connectivity index (χ1) is 10.0. The first-order valence-electron chi connectivity index (χ1n) is 6.42. The minimum Gasteiger partial charge on any atom is -0.478 e. The standard InChI is InChI=1S/C15H12N2O4/c1-2-8-12-9-5-7(14(18)19)3-4-10(9)17-11(12)6-16-13(8)15(20)21/h3-6,17H,2H2,1H3,(H,18,19)(H,20,21). The molecule has 0 fully saturated rings. The van der Waals surface area contributed by atoms with Crippen molar-refractivity contribution < 1.29 is 19.8 Å². The fourth-order valence-electron chi connectivity index (χ4n) is 2.62. The van der Waals surface area contributed by atoms with E-state index in [0.717, 1.165) is 10.9 Å². The van der Waals surface area contributed by atoms with Crippen LogP contribution >= 0.6 is 0 Å². The number of rotatable bonds is 3. The van der Waals surface area contributed by atoms with Crippen LogP contribution in [0.15, 0.2) is 24.4 Å². The molecule has 0 spiro atoms. The van der Waals surface area contributed by atoms with Gasteiger partial charge >= 0.3 is 11.9 Å². The molecule has 106 valence electrons. The zero-order valence-corrected chi connectivity index (χ0v) is 11.2. The van der Waals surface area contributed by atoms with Crippen LogP contribution in [0.4, 0.5) is 0 Å². The van der Waals surface area contributed by atoms with Crippen LogP contribution in [0.3, 0.4) is 0 Å². The number of carboxylic acids is 2. The van der Waals surface area contributed by atoms with Crippen molar-refractivity contribution >= 4 is 33.7 Å². The minimum atomic E-state index is -1.09. The average molecular weight is 284 g/mol. The van der Waals surface area contributed by atoms with Crippen LogP contribution in [0.5, 0.6) is 0 Å². The van der Waals surface area contributed by atoms with Gasteiger partial charge in [-0.1, -0.05) is 6.92 Å². The van der Waals surface area contributed by atoms with Gasteiger partial charge in [0.05, 0.1) is 17.3 Å². The maximum Gasteiger partial charge on any atom is 0.354 e. The highest BCUT2D eigenvalue weighted by Gasteiger charge is 2.18. The molecule has 2 aromatic heterocycles. The van der Waals surface area contributed by atoms with Crippen molar-refractivity contribution in [1.29, 1.82) is 0 Å². The highest BCUT2D eigenvalue weighted by Crippen LogP contribution is 2.30. The molecule has 0 unspecified atom stereocenters. The second kappa shape index (κ2) is 4.59. The summed E-state index contributed by atoms with van der Waals surface area (Å²) in [6.07, 6.45) is 1.97. The molecule has 0 aliphatic rings. The first-order valence-corrected chi connectivity index (χ1v) is 6.42. The Labute approximate surface area is 119 Å². The molecule has 3 aromatic rings. The monoisotopic (exact) mass is 284 g/mol. The van der Waals surface area contributed by atoms with E-state index in [1.807, 2.05) is 6.92 Å². The fraction of sp³-hybridized carbons (Fsp3) is 0.133. The Kier molecular flexibility index (Phi) is 2.86. The second-order valence-electron chi connectivity index (χ2n) is 4.72. The Morgan fingerprint density at radius 1 is 1.19 bits per heavy atom. The molecule has 3 N–H and O–H groups in total. The van der Waals surface area contributed by atoms with Crippen LogP contribution in [-0.4, -0.2) is 32.1 Å². The topological polar surface area (TPSA) is 103 Å². The van der Waals surface area contributed by atoms with Crippen molar-refractivity contribution in [3.63, 3.8) is 0 Å². The number of aromatic carboxylic acids is 2. The van der Waals surface area contributed by atoms with E-state index >= 15 is 0 Å². The summed E-state index contributed by atoms with van der Waals surface area (Å²) in [5.74, 6) is -2.10. The van der Waals surface area contributed by atoms with Gasteiger partial charge in [-0.2, -0.15) is 0 Å². The van der Waals surface area contributed by atoms with Crippen molar-refractivity contribution in [2.45, 2.75) is 13.3 Å². The van der Waals surface area contributed by atoms with Crippen molar-refractivity contribution in [3.8, 4) is 0 Å². The maximum absolute atomic E-state index is 11.3. The van der Waals surface area contributed by atoms with Crippen molar-refractivity contribution in [1.82, 2.24) is 9.97 Å². The number of hydrogen-bond acceptors (Lipinski definition) is 3. The molecular weight excluding hydrogens is 272 g/mol. The van der Waals surface area contributed by atoms with Crippen LogP contribution in [-0.2, 0) is 6.42 Å². The van der Waals surface area contributed by atoms with Crippen molar-refractivity contribution in [2.24, 2.45) is 0 Å². The lowest BCUT2D eigenvalue weighted by molar-refractivity contribution is 0.0681. The SMILES string of the molecule is CCc1c(C(=O)O)ncc2[nH]c3ccc(C(=O)O)cc3c12. The summed E-state index contributed by atoms with van der Waals surface area (Å²) in [6, 6.07) is 4.75. The third kappa shape index (κ3) is 1.92. The number of carbonyl (C=O) groups is 2. The number of hydrogen-bond donors (Lipinski definition) is 3. The summed E-state index contributed by atoms with van der Waals surface area (Å²) in [6.45, 7) is 1.85. The number of nitrogens with zero attached hydrogens (tertiary/aromatic N) is 1. The summed E-state index contributed by atoms with van der Waals surface area (Å²) in [5, 5.41) is 19.8. The maximum atomic E-state index is 11.3. The number of aromatic nitrogens is 2. The molecule has 6 nitrogen and oxygen atoms in total. The lowest BCUT2D eigenvalue weighted by atomic mass is 10.0. The van der Waals surface area contributed by atoms with Gasteiger partial charge < -0.3 is 15.2 Å². The minimum absolute atomic E-state index is 0.00614. The molecule has 0 amide bonds. The van der Waals surface area contributed by atoms with Gasteiger partial charge in [-0.15, -0.1) is 0 Å². The third-order valence-corrected chi connectivity index (χ3v) is 3.54. The number of carboxylic acid groups (broad SMARTS) is 2. The van der Waals surface area contributed by atoms with Crippen LogP contribution in [0, 0.1) is 0 Å². The molecular formula is C15H12N2O4. The zero-order chi connectivity index (χ0) is 15.1. The molecule has 0 saturated carbocycles. The average Bonchev–Trinajstić information content (AvgIpc) is 2.83. The lowest BCUT2D eigenvalue weighted by Gasteiger charge is -2.05. The van der Waals surface area contributed by atoms with Gasteiger partial charge in [0.15, 0.2) is 5.69 Å². The molecule has 6 heteroatoms. The molecule has 1 aromatic carbocycles. The summed E-state index contributed by atoms with van der Waals surface area (Å²) in [7, 11) is 0.